The van der Waals surface area contributed by atoms with Crippen LogP contribution < -0.4 is 10.1 Å². The molecule has 1 aliphatic carbocycles. The van der Waals surface area contributed by atoms with Crippen molar-refractivity contribution in [2.75, 3.05) is 20.3 Å². The lowest BCUT2D eigenvalue weighted by molar-refractivity contribution is -0.152. The Morgan fingerprint density at radius 3 is 2.48 bits per heavy atom. The van der Waals surface area contributed by atoms with Crippen molar-refractivity contribution in [1.82, 2.24) is 5.32 Å². The van der Waals surface area contributed by atoms with Gasteiger partial charge < -0.3 is 19.9 Å². The van der Waals surface area contributed by atoms with Crippen LogP contribution in [-0.4, -0.2) is 37.2 Å². The highest BCUT2D eigenvalue weighted by Gasteiger charge is 2.41. The molecule has 1 aromatic carbocycles. The second-order valence-corrected chi connectivity index (χ2v) is 5.67. The van der Waals surface area contributed by atoms with Gasteiger partial charge in [0.1, 0.15) is 5.75 Å². The molecule has 0 aromatic heterocycles. The SMILES string of the molecule is COc1ccc(COCCCNC(=O)C2CCC2C(=O)O)cc1. The molecule has 126 valence electrons. The van der Waals surface area contributed by atoms with Gasteiger partial charge in [-0.3, -0.25) is 9.59 Å². The van der Waals surface area contributed by atoms with E-state index in [1.54, 1.807) is 7.11 Å². The van der Waals surface area contributed by atoms with Gasteiger partial charge in [-0.15, -0.1) is 0 Å². The van der Waals surface area contributed by atoms with Gasteiger partial charge in [-0.1, -0.05) is 12.1 Å². The second-order valence-electron chi connectivity index (χ2n) is 5.67. The van der Waals surface area contributed by atoms with Crippen LogP contribution in [0.5, 0.6) is 5.75 Å². The van der Waals surface area contributed by atoms with Crippen LogP contribution in [0.4, 0.5) is 0 Å². The van der Waals surface area contributed by atoms with Crippen LogP contribution >= 0.6 is 0 Å². The first-order valence-corrected chi connectivity index (χ1v) is 7.83. The van der Waals surface area contributed by atoms with Crippen LogP contribution in [0.15, 0.2) is 24.3 Å². The minimum atomic E-state index is -0.876. The number of ether oxygens (including phenoxy) is 2. The van der Waals surface area contributed by atoms with Gasteiger partial charge in [-0.25, -0.2) is 0 Å². The normalized spacial score (nSPS) is 19.7. The minimum absolute atomic E-state index is 0.154. The Morgan fingerprint density at radius 1 is 1.22 bits per heavy atom. The first-order chi connectivity index (χ1) is 11.1. The first-order valence-electron chi connectivity index (χ1n) is 7.83. The predicted molar refractivity (Wildman–Crippen MR) is 84.1 cm³/mol. The van der Waals surface area contributed by atoms with Gasteiger partial charge in [0.15, 0.2) is 0 Å². The van der Waals surface area contributed by atoms with Crippen molar-refractivity contribution >= 4 is 11.9 Å². The minimum Gasteiger partial charge on any atom is -0.497 e. The number of hydrogen-bond donors (Lipinski definition) is 2. The maximum absolute atomic E-state index is 11.8. The van der Waals surface area contributed by atoms with Gasteiger partial charge in [-0.05, 0) is 37.0 Å². The van der Waals surface area contributed by atoms with Crippen molar-refractivity contribution in [1.29, 1.82) is 0 Å². The molecule has 1 fully saturated rings. The molecule has 2 atom stereocenters. The average molecular weight is 321 g/mol. The zero-order chi connectivity index (χ0) is 16.7. The van der Waals surface area contributed by atoms with Crippen LogP contribution in [0, 0.1) is 11.8 Å². The third kappa shape index (κ3) is 4.96. The molecule has 0 radical (unpaired) electrons. The molecule has 2 unspecified atom stereocenters. The van der Waals surface area contributed by atoms with E-state index in [0.717, 1.165) is 11.3 Å². The van der Waals surface area contributed by atoms with E-state index < -0.39 is 11.9 Å². The Morgan fingerprint density at radius 2 is 1.91 bits per heavy atom. The summed E-state index contributed by atoms with van der Waals surface area (Å²) in [7, 11) is 1.63. The van der Waals surface area contributed by atoms with Gasteiger partial charge in [0, 0.05) is 13.2 Å². The number of rotatable bonds is 9. The summed E-state index contributed by atoms with van der Waals surface area (Å²) in [5.41, 5.74) is 1.06. The molecule has 1 aliphatic rings. The predicted octanol–water partition coefficient (Wildman–Crippen LogP) is 1.83. The van der Waals surface area contributed by atoms with Gasteiger partial charge in [0.05, 0.1) is 25.6 Å². The lowest BCUT2D eigenvalue weighted by Crippen LogP contribution is -2.44. The number of benzene rings is 1. The summed E-state index contributed by atoms with van der Waals surface area (Å²) in [6.07, 6.45) is 1.96. The highest BCUT2D eigenvalue weighted by Crippen LogP contribution is 2.34. The molecule has 2 N–H and O–H groups in total. The second kappa shape index (κ2) is 8.53. The van der Waals surface area contributed by atoms with Crippen molar-refractivity contribution < 1.29 is 24.2 Å². The molecule has 0 spiro atoms. The third-order valence-corrected chi connectivity index (χ3v) is 4.12. The van der Waals surface area contributed by atoms with Crippen molar-refractivity contribution in [2.45, 2.75) is 25.9 Å². The summed E-state index contributed by atoms with van der Waals surface area (Å²) in [6.45, 7) is 1.56. The Hall–Kier alpha value is -2.08. The monoisotopic (exact) mass is 321 g/mol. The van der Waals surface area contributed by atoms with Crippen molar-refractivity contribution in [3.8, 4) is 5.75 Å². The van der Waals surface area contributed by atoms with E-state index in [1.807, 2.05) is 24.3 Å². The zero-order valence-electron chi connectivity index (χ0n) is 13.3. The van der Waals surface area contributed by atoms with Crippen LogP contribution in [0.25, 0.3) is 0 Å². The number of aliphatic carboxylic acids is 1. The number of amides is 1. The fourth-order valence-corrected chi connectivity index (χ4v) is 2.54. The van der Waals surface area contributed by atoms with E-state index in [4.69, 9.17) is 14.6 Å². The highest BCUT2D eigenvalue weighted by atomic mass is 16.5. The van der Waals surface area contributed by atoms with Crippen molar-refractivity contribution in [3.05, 3.63) is 29.8 Å². The molecule has 0 bridgehead atoms. The molecule has 6 nitrogen and oxygen atoms in total. The number of nitrogens with one attached hydrogen (secondary N) is 1. The van der Waals surface area contributed by atoms with Gasteiger partial charge in [0.2, 0.25) is 5.91 Å². The van der Waals surface area contributed by atoms with Crippen LogP contribution in [0.3, 0.4) is 0 Å². The molecule has 0 saturated heterocycles. The number of carboxylic acids is 1. The Bertz CT molecular complexity index is 528. The largest absolute Gasteiger partial charge is 0.497 e. The molecular formula is C17H23NO5. The van der Waals surface area contributed by atoms with E-state index in [-0.39, 0.29) is 11.8 Å². The number of carbonyl (C=O) groups excluding carboxylic acids is 1. The molecule has 2 rings (SSSR count). The number of methoxy groups -OCH3 is 1. The molecule has 0 heterocycles. The van der Waals surface area contributed by atoms with Crippen molar-refractivity contribution in [2.24, 2.45) is 11.8 Å². The van der Waals surface area contributed by atoms with E-state index in [2.05, 4.69) is 5.32 Å². The van der Waals surface area contributed by atoms with Crippen molar-refractivity contribution in [3.63, 3.8) is 0 Å². The smallest absolute Gasteiger partial charge is 0.307 e. The summed E-state index contributed by atoms with van der Waals surface area (Å²) in [4.78, 5) is 22.7. The molecule has 23 heavy (non-hydrogen) atoms. The van der Waals surface area contributed by atoms with Crippen LogP contribution in [-0.2, 0) is 20.9 Å². The molecule has 6 heteroatoms. The molecule has 1 saturated carbocycles. The van der Waals surface area contributed by atoms with E-state index in [1.165, 1.54) is 0 Å². The quantitative estimate of drug-likeness (QED) is 0.678. The summed E-state index contributed by atoms with van der Waals surface area (Å²) in [6, 6.07) is 7.67. The molecular weight excluding hydrogens is 298 g/mol. The van der Waals surface area contributed by atoms with Gasteiger partial charge in [0.25, 0.3) is 0 Å². The molecule has 1 aromatic rings. The van der Waals surface area contributed by atoms with Crippen LogP contribution in [0.2, 0.25) is 0 Å². The number of hydrogen-bond acceptors (Lipinski definition) is 4. The van der Waals surface area contributed by atoms with Crippen LogP contribution in [0.1, 0.15) is 24.8 Å². The molecule has 1 amide bonds. The van der Waals surface area contributed by atoms with Gasteiger partial charge >= 0.3 is 5.97 Å². The average Bonchev–Trinajstić information content (AvgIpc) is 2.49. The topological polar surface area (TPSA) is 84.9 Å². The number of carbonyl (C=O) groups is 2. The van der Waals surface area contributed by atoms with E-state index >= 15 is 0 Å². The first kappa shape index (κ1) is 17.3. The third-order valence-electron chi connectivity index (χ3n) is 4.12. The Balaban J connectivity index is 1.55. The fraction of sp³-hybridized carbons (Fsp3) is 0.529. The number of carboxylic acid groups (broad SMARTS) is 1. The highest BCUT2D eigenvalue weighted by molar-refractivity contribution is 5.86. The summed E-state index contributed by atoms with van der Waals surface area (Å²) < 4.78 is 10.6. The standard InChI is InChI=1S/C17H23NO5/c1-22-13-5-3-12(4-6-13)11-23-10-2-9-18-16(19)14-7-8-15(14)17(20)21/h3-6,14-15H,2,7-11H2,1H3,(H,18,19)(H,20,21). The van der Waals surface area contributed by atoms with Gasteiger partial charge in [-0.2, -0.15) is 0 Å². The Kier molecular flexibility index (Phi) is 6.40. The lowest BCUT2D eigenvalue weighted by atomic mass is 9.73. The van der Waals surface area contributed by atoms with E-state index in [9.17, 15) is 9.59 Å². The summed E-state index contributed by atoms with van der Waals surface area (Å²) in [5, 5.41) is 11.7. The maximum Gasteiger partial charge on any atom is 0.307 e. The summed E-state index contributed by atoms with van der Waals surface area (Å²) in [5.74, 6) is -1.10. The zero-order valence-corrected chi connectivity index (χ0v) is 13.3. The Labute approximate surface area is 135 Å². The molecule has 0 aliphatic heterocycles. The van der Waals surface area contributed by atoms with E-state index in [0.29, 0.717) is 39.0 Å². The summed E-state index contributed by atoms with van der Waals surface area (Å²) >= 11 is 0. The lowest BCUT2D eigenvalue weighted by Gasteiger charge is -2.31. The fourth-order valence-electron chi connectivity index (χ4n) is 2.54. The maximum atomic E-state index is 11.8.